The van der Waals surface area contributed by atoms with E-state index >= 15 is 0 Å². The van der Waals surface area contributed by atoms with Crippen LogP contribution in [0.5, 0.6) is 0 Å². The van der Waals surface area contributed by atoms with Crippen molar-refractivity contribution in [2.75, 3.05) is 18.8 Å². The molecule has 0 atom stereocenters. The summed E-state index contributed by atoms with van der Waals surface area (Å²) in [6.45, 7) is 2.26. The highest BCUT2D eigenvalue weighted by Crippen LogP contribution is 2.26. The van der Waals surface area contributed by atoms with Crippen LogP contribution < -0.4 is 16.4 Å². The van der Waals surface area contributed by atoms with Gasteiger partial charge in [-0.2, -0.15) is 0 Å². The van der Waals surface area contributed by atoms with Crippen molar-refractivity contribution in [1.82, 2.24) is 25.5 Å². The molecule has 31 heavy (non-hydrogen) atoms. The Morgan fingerprint density at radius 2 is 1.94 bits per heavy atom. The SMILES string of the molecule is Nc1nonc1C(=O)NCCNCc1cn(Cc2ccc(Cl)cc2Cl)c2ccccc12. The number of benzene rings is 2. The molecule has 0 aliphatic heterocycles. The zero-order valence-corrected chi connectivity index (χ0v) is 18.0. The standard InChI is InChI=1S/C21H20Cl2N6O2/c22-15-6-5-13(17(23)9-15)11-29-12-14(16-3-1-2-4-18(16)29)10-25-7-8-26-21(30)19-20(24)28-31-27-19/h1-6,9,12,25H,7-8,10-11H2,(H2,24,28)(H,26,30). The van der Waals surface area contributed by atoms with Crippen molar-refractivity contribution in [3.63, 3.8) is 0 Å². The maximum absolute atomic E-state index is 12.0. The number of amides is 1. The van der Waals surface area contributed by atoms with Crippen LogP contribution in [0.3, 0.4) is 0 Å². The first-order valence-corrected chi connectivity index (χ1v) is 10.4. The van der Waals surface area contributed by atoms with E-state index in [1.807, 2.05) is 24.3 Å². The van der Waals surface area contributed by atoms with E-state index in [9.17, 15) is 4.79 Å². The molecule has 0 radical (unpaired) electrons. The van der Waals surface area contributed by atoms with Gasteiger partial charge in [-0.15, -0.1) is 0 Å². The number of anilines is 1. The van der Waals surface area contributed by atoms with Crippen molar-refractivity contribution in [3.05, 3.63) is 75.5 Å². The molecule has 0 unspecified atom stereocenters. The lowest BCUT2D eigenvalue weighted by Crippen LogP contribution is -2.32. The van der Waals surface area contributed by atoms with Crippen LogP contribution >= 0.6 is 23.2 Å². The van der Waals surface area contributed by atoms with Crippen LogP contribution in [0.4, 0.5) is 5.82 Å². The highest BCUT2D eigenvalue weighted by molar-refractivity contribution is 6.35. The summed E-state index contributed by atoms with van der Waals surface area (Å²) in [5.74, 6) is -0.448. The van der Waals surface area contributed by atoms with Gasteiger partial charge in [0.15, 0.2) is 0 Å². The number of para-hydroxylation sites is 1. The summed E-state index contributed by atoms with van der Waals surface area (Å²) in [4.78, 5) is 12.0. The molecule has 4 rings (SSSR count). The Balaban J connectivity index is 1.39. The van der Waals surface area contributed by atoms with Gasteiger partial charge >= 0.3 is 0 Å². The van der Waals surface area contributed by atoms with Crippen molar-refractivity contribution in [1.29, 1.82) is 0 Å². The van der Waals surface area contributed by atoms with E-state index in [1.165, 1.54) is 0 Å². The van der Waals surface area contributed by atoms with E-state index in [0.29, 0.717) is 36.2 Å². The molecule has 8 nitrogen and oxygen atoms in total. The molecule has 1 amide bonds. The molecule has 4 N–H and O–H groups in total. The van der Waals surface area contributed by atoms with Crippen LogP contribution in [0.2, 0.25) is 10.0 Å². The van der Waals surface area contributed by atoms with E-state index in [4.69, 9.17) is 28.9 Å². The largest absolute Gasteiger partial charge is 0.379 e. The number of halogens is 2. The Hall–Kier alpha value is -3.07. The highest BCUT2D eigenvalue weighted by atomic mass is 35.5. The fourth-order valence-corrected chi connectivity index (χ4v) is 3.82. The van der Waals surface area contributed by atoms with Gasteiger partial charge in [0.1, 0.15) is 0 Å². The first kappa shape index (κ1) is 21.2. The number of rotatable bonds is 8. The van der Waals surface area contributed by atoms with Crippen LogP contribution in [0.1, 0.15) is 21.6 Å². The zero-order valence-electron chi connectivity index (χ0n) is 16.4. The van der Waals surface area contributed by atoms with E-state index in [0.717, 1.165) is 22.0 Å². The Labute approximate surface area is 188 Å². The number of aromatic nitrogens is 3. The fraction of sp³-hybridized carbons (Fsp3) is 0.190. The van der Waals surface area contributed by atoms with Crippen LogP contribution in [-0.4, -0.2) is 33.9 Å². The van der Waals surface area contributed by atoms with Gasteiger partial charge in [0.25, 0.3) is 5.91 Å². The second-order valence-electron chi connectivity index (χ2n) is 6.97. The molecule has 0 aliphatic rings. The topological polar surface area (TPSA) is 111 Å². The summed E-state index contributed by atoms with van der Waals surface area (Å²) in [6.07, 6.45) is 2.11. The minimum Gasteiger partial charge on any atom is -0.379 e. The lowest BCUT2D eigenvalue weighted by Gasteiger charge is -2.08. The van der Waals surface area contributed by atoms with E-state index in [-0.39, 0.29) is 11.5 Å². The Morgan fingerprint density at radius 1 is 1.10 bits per heavy atom. The third kappa shape index (κ3) is 4.82. The number of fused-ring (bicyclic) bond motifs is 1. The lowest BCUT2D eigenvalue weighted by molar-refractivity contribution is 0.0944. The molecule has 0 saturated heterocycles. The quantitative estimate of drug-likeness (QED) is 0.348. The second kappa shape index (κ2) is 9.38. The first-order valence-electron chi connectivity index (χ1n) is 9.60. The first-order chi connectivity index (χ1) is 15.0. The smallest absolute Gasteiger partial charge is 0.277 e. The van der Waals surface area contributed by atoms with Gasteiger partial charge < -0.3 is 20.9 Å². The maximum Gasteiger partial charge on any atom is 0.277 e. The van der Waals surface area contributed by atoms with E-state index in [1.54, 1.807) is 6.07 Å². The molecule has 0 fully saturated rings. The summed E-state index contributed by atoms with van der Waals surface area (Å²) in [7, 11) is 0. The molecular formula is C21H20Cl2N6O2. The van der Waals surface area contributed by atoms with Gasteiger partial charge in [-0.1, -0.05) is 47.5 Å². The van der Waals surface area contributed by atoms with Crippen molar-refractivity contribution < 1.29 is 9.42 Å². The second-order valence-corrected chi connectivity index (χ2v) is 7.81. The Morgan fingerprint density at radius 3 is 2.71 bits per heavy atom. The van der Waals surface area contributed by atoms with E-state index < -0.39 is 5.91 Å². The van der Waals surface area contributed by atoms with Crippen molar-refractivity contribution in [2.45, 2.75) is 13.1 Å². The Kier molecular flexibility index (Phi) is 6.41. The van der Waals surface area contributed by atoms with Crippen LogP contribution in [0.25, 0.3) is 10.9 Å². The van der Waals surface area contributed by atoms with Crippen molar-refractivity contribution in [3.8, 4) is 0 Å². The van der Waals surface area contributed by atoms with Crippen molar-refractivity contribution >= 4 is 45.8 Å². The van der Waals surface area contributed by atoms with Gasteiger partial charge in [-0.3, -0.25) is 4.79 Å². The number of carbonyl (C=O) groups excluding carboxylic acids is 1. The zero-order chi connectivity index (χ0) is 21.8. The van der Waals surface area contributed by atoms with Gasteiger partial charge in [0, 0.05) is 53.3 Å². The monoisotopic (exact) mass is 458 g/mol. The maximum atomic E-state index is 12.0. The molecule has 2 aromatic carbocycles. The normalized spacial score (nSPS) is 11.2. The molecular weight excluding hydrogens is 439 g/mol. The summed E-state index contributed by atoms with van der Waals surface area (Å²) in [6, 6.07) is 13.7. The van der Waals surface area contributed by atoms with E-state index in [2.05, 4.69) is 48.5 Å². The van der Waals surface area contributed by atoms with Gasteiger partial charge in [-0.05, 0) is 39.6 Å². The molecule has 4 aromatic rings. The Bertz CT molecular complexity index is 1220. The number of nitrogens with one attached hydrogen (secondary N) is 2. The van der Waals surface area contributed by atoms with Crippen LogP contribution in [0.15, 0.2) is 53.3 Å². The fourth-order valence-electron chi connectivity index (χ4n) is 3.35. The number of nitrogen functional groups attached to an aromatic ring is 1. The summed E-state index contributed by atoms with van der Waals surface area (Å²) < 4.78 is 6.60. The number of nitrogens with zero attached hydrogens (tertiary/aromatic N) is 3. The average Bonchev–Trinajstić information content (AvgIpc) is 3.34. The summed E-state index contributed by atoms with van der Waals surface area (Å²) in [5.41, 5.74) is 8.77. The minimum atomic E-state index is -0.419. The van der Waals surface area contributed by atoms with Crippen LogP contribution in [0, 0.1) is 0 Å². The van der Waals surface area contributed by atoms with Gasteiger partial charge in [-0.25, -0.2) is 4.63 Å². The predicted octanol–water partition coefficient (Wildman–Crippen LogP) is 3.48. The third-order valence-corrected chi connectivity index (χ3v) is 5.45. The highest BCUT2D eigenvalue weighted by Gasteiger charge is 2.15. The molecule has 0 bridgehead atoms. The number of hydrogen-bond donors (Lipinski definition) is 3. The molecule has 2 aromatic heterocycles. The summed E-state index contributed by atoms with van der Waals surface area (Å²) in [5, 5.41) is 15.4. The molecule has 0 saturated carbocycles. The summed E-state index contributed by atoms with van der Waals surface area (Å²) >= 11 is 12.4. The number of carbonyl (C=O) groups is 1. The molecule has 160 valence electrons. The lowest BCUT2D eigenvalue weighted by atomic mass is 10.2. The van der Waals surface area contributed by atoms with Gasteiger partial charge in [0.2, 0.25) is 11.5 Å². The van der Waals surface area contributed by atoms with Crippen molar-refractivity contribution in [2.24, 2.45) is 0 Å². The number of hydrogen-bond acceptors (Lipinski definition) is 6. The molecule has 2 heterocycles. The predicted molar refractivity (Wildman–Crippen MR) is 120 cm³/mol. The molecule has 0 aliphatic carbocycles. The number of nitrogens with two attached hydrogens (primary N) is 1. The van der Waals surface area contributed by atoms with Crippen LogP contribution in [-0.2, 0) is 13.1 Å². The molecule has 10 heteroatoms. The van der Waals surface area contributed by atoms with Gasteiger partial charge in [0.05, 0.1) is 0 Å². The average molecular weight is 459 g/mol. The molecule has 0 spiro atoms. The minimum absolute atomic E-state index is 0.0102. The third-order valence-electron chi connectivity index (χ3n) is 4.86.